The molecule has 2 aromatic rings. The highest BCUT2D eigenvalue weighted by Crippen LogP contribution is 2.17. The van der Waals surface area contributed by atoms with Crippen molar-refractivity contribution in [3.05, 3.63) is 64.9 Å². The average Bonchev–Trinajstić information content (AvgIpc) is 2.39. The zero-order chi connectivity index (χ0) is 13.0. The highest BCUT2D eigenvalue weighted by atomic mass is 35.5. The second-order valence-electron chi connectivity index (χ2n) is 3.99. The molecule has 1 aromatic carbocycles. The Bertz CT molecular complexity index is 543. The van der Waals surface area contributed by atoms with Crippen LogP contribution in [-0.2, 0) is 0 Å². The van der Waals surface area contributed by atoms with Crippen molar-refractivity contribution in [2.45, 2.75) is 13.0 Å². The van der Waals surface area contributed by atoms with Crippen molar-refractivity contribution in [2.24, 2.45) is 0 Å². The Hall–Kier alpha value is -1.87. The molecule has 0 radical (unpaired) electrons. The fourth-order valence-corrected chi connectivity index (χ4v) is 1.84. The summed E-state index contributed by atoms with van der Waals surface area (Å²) in [6.07, 6.45) is 3.18. The van der Waals surface area contributed by atoms with Gasteiger partial charge < -0.3 is 5.32 Å². The SMILES string of the molecule is CC(NC(=O)c1cccnc1)c1cccc(Cl)c1. The number of benzene rings is 1. The van der Waals surface area contributed by atoms with Crippen molar-refractivity contribution >= 4 is 17.5 Å². The first-order valence-electron chi connectivity index (χ1n) is 5.63. The topological polar surface area (TPSA) is 42.0 Å². The lowest BCUT2D eigenvalue weighted by Gasteiger charge is -2.14. The molecule has 1 unspecified atom stereocenters. The van der Waals surface area contributed by atoms with E-state index in [9.17, 15) is 4.79 Å². The van der Waals surface area contributed by atoms with E-state index in [1.807, 2.05) is 25.1 Å². The number of hydrogen-bond acceptors (Lipinski definition) is 2. The number of carbonyl (C=O) groups is 1. The second kappa shape index (κ2) is 5.65. The molecule has 1 N–H and O–H groups in total. The summed E-state index contributed by atoms with van der Waals surface area (Å²) in [6, 6.07) is 10.8. The van der Waals surface area contributed by atoms with E-state index in [2.05, 4.69) is 10.3 Å². The number of pyridine rings is 1. The van der Waals surface area contributed by atoms with Crippen LogP contribution in [0.4, 0.5) is 0 Å². The Labute approximate surface area is 111 Å². The van der Waals surface area contributed by atoms with Gasteiger partial charge in [-0.05, 0) is 36.8 Å². The minimum atomic E-state index is -0.143. The standard InChI is InChI=1S/C14H13ClN2O/c1-10(11-4-2-6-13(15)8-11)17-14(18)12-5-3-7-16-9-12/h2-10H,1H3,(H,17,18). The molecule has 0 fully saturated rings. The molecule has 1 aromatic heterocycles. The lowest BCUT2D eigenvalue weighted by atomic mass is 10.1. The molecule has 4 heteroatoms. The predicted octanol–water partition coefficient (Wildman–Crippen LogP) is 3.23. The summed E-state index contributed by atoms with van der Waals surface area (Å²) in [4.78, 5) is 15.8. The highest BCUT2D eigenvalue weighted by Gasteiger charge is 2.11. The van der Waals surface area contributed by atoms with Gasteiger partial charge in [-0.15, -0.1) is 0 Å². The smallest absolute Gasteiger partial charge is 0.253 e. The number of aromatic nitrogens is 1. The maximum absolute atomic E-state index is 11.9. The number of halogens is 1. The zero-order valence-electron chi connectivity index (χ0n) is 9.93. The van der Waals surface area contributed by atoms with Crippen molar-refractivity contribution in [1.29, 1.82) is 0 Å². The number of hydrogen-bond donors (Lipinski definition) is 1. The van der Waals surface area contributed by atoms with Crippen LogP contribution < -0.4 is 5.32 Å². The molecule has 3 nitrogen and oxygen atoms in total. The van der Waals surface area contributed by atoms with E-state index < -0.39 is 0 Å². The molecule has 0 saturated carbocycles. The molecule has 1 atom stereocenters. The monoisotopic (exact) mass is 260 g/mol. The van der Waals surface area contributed by atoms with Crippen LogP contribution >= 0.6 is 11.6 Å². The molecule has 1 amide bonds. The molecule has 0 aliphatic carbocycles. The van der Waals surface area contributed by atoms with E-state index in [4.69, 9.17) is 11.6 Å². The highest BCUT2D eigenvalue weighted by molar-refractivity contribution is 6.30. The van der Waals surface area contributed by atoms with Gasteiger partial charge in [0.15, 0.2) is 0 Å². The van der Waals surface area contributed by atoms with Crippen molar-refractivity contribution in [3.63, 3.8) is 0 Å². The van der Waals surface area contributed by atoms with Crippen LogP contribution in [0.1, 0.15) is 28.9 Å². The summed E-state index contributed by atoms with van der Waals surface area (Å²) in [6.45, 7) is 1.92. The molecule has 0 bridgehead atoms. The Morgan fingerprint density at radius 1 is 1.33 bits per heavy atom. The summed E-state index contributed by atoms with van der Waals surface area (Å²) in [5, 5.41) is 3.56. The van der Waals surface area contributed by atoms with E-state index in [1.165, 1.54) is 0 Å². The Kier molecular flexibility index (Phi) is 3.95. The van der Waals surface area contributed by atoms with Gasteiger partial charge >= 0.3 is 0 Å². The molecule has 0 aliphatic rings. The molecule has 92 valence electrons. The van der Waals surface area contributed by atoms with Gasteiger partial charge in [-0.3, -0.25) is 9.78 Å². The Balaban J connectivity index is 2.08. The molecule has 0 spiro atoms. The fourth-order valence-electron chi connectivity index (χ4n) is 1.64. The third-order valence-corrected chi connectivity index (χ3v) is 2.86. The van der Waals surface area contributed by atoms with Gasteiger partial charge in [-0.25, -0.2) is 0 Å². The van der Waals surface area contributed by atoms with Gasteiger partial charge in [0.25, 0.3) is 5.91 Å². The number of nitrogens with zero attached hydrogens (tertiary/aromatic N) is 1. The van der Waals surface area contributed by atoms with Crippen LogP contribution in [0.25, 0.3) is 0 Å². The molecular formula is C14H13ClN2O. The summed E-state index contributed by atoms with van der Waals surface area (Å²) in [7, 11) is 0. The van der Waals surface area contributed by atoms with Crippen molar-refractivity contribution < 1.29 is 4.79 Å². The normalized spacial score (nSPS) is 11.9. The third-order valence-electron chi connectivity index (χ3n) is 2.62. The second-order valence-corrected chi connectivity index (χ2v) is 4.43. The first-order chi connectivity index (χ1) is 8.66. The molecule has 2 rings (SSSR count). The maximum atomic E-state index is 11.9. The van der Waals surface area contributed by atoms with Crippen LogP contribution in [0.5, 0.6) is 0 Å². The van der Waals surface area contributed by atoms with Gasteiger partial charge in [0.2, 0.25) is 0 Å². The van der Waals surface area contributed by atoms with E-state index in [-0.39, 0.29) is 11.9 Å². The van der Waals surface area contributed by atoms with E-state index >= 15 is 0 Å². The molecule has 0 saturated heterocycles. The lowest BCUT2D eigenvalue weighted by molar-refractivity contribution is 0.0939. The van der Waals surface area contributed by atoms with Gasteiger partial charge in [-0.1, -0.05) is 23.7 Å². The Morgan fingerprint density at radius 3 is 2.83 bits per heavy atom. The quantitative estimate of drug-likeness (QED) is 0.921. The largest absolute Gasteiger partial charge is 0.345 e. The van der Waals surface area contributed by atoms with E-state index in [0.717, 1.165) is 5.56 Å². The van der Waals surface area contributed by atoms with Gasteiger partial charge in [0.1, 0.15) is 0 Å². The van der Waals surface area contributed by atoms with E-state index in [0.29, 0.717) is 10.6 Å². The first-order valence-corrected chi connectivity index (χ1v) is 6.01. The zero-order valence-corrected chi connectivity index (χ0v) is 10.7. The number of amides is 1. The molecule has 18 heavy (non-hydrogen) atoms. The average molecular weight is 261 g/mol. The van der Waals surface area contributed by atoms with Crippen LogP contribution in [0.15, 0.2) is 48.8 Å². The minimum Gasteiger partial charge on any atom is -0.345 e. The van der Waals surface area contributed by atoms with Crippen LogP contribution in [0.3, 0.4) is 0 Å². The minimum absolute atomic E-state index is 0.101. The number of nitrogens with one attached hydrogen (secondary N) is 1. The molecule has 1 heterocycles. The molecular weight excluding hydrogens is 248 g/mol. The molecule has 0 aliphatic heterocycles. The van der Waals surface area contributed by atoms with Crippen molar-refractivity contribution in [3.8, 4) is 0 Å². The third kappa shape index (κ3) is 3.08. The fraction of sp³-hybridized carbons (Fsp3) is 0.143. The predicted molar refractivity (Wildman–Crippen MR) is 71.6 cm³/mol. The van der Waals surface area contributed by atoms with Crippen LogP contribution in [-0.4, -0.2) is 10.9 Å². The van der Waals surface area contributed by atoms with Crippen molar-refractivity contribution in [2.75, 3.05) is 0 Å². The van der Waals surface area contributed by atoms with Gasteiger partial charge in [-0.2, -0.15) is 0 Å². The summed E-state index contributed by atoms with van der Waals surface area (Å²) in [5.74, 6) is -0.143. The van der Waals surface area contributed by atoms with E-state index in [1.54, 1.807) is 30.6 Å². The van der Waals surface area contributed by atoms with Gasteiger partial charge in [0, 0.05) is 17.4 Å². The lowest BCUT2D eigenvalue weighted by Crippen LogP contribution is -2.26. The number of rotatable bonds is 3. The van der Waals surface area contributed by atoms with Crippen LogP contribution in [0, 0.1) is 0 Å². The van der Waals surface area contributed by atoms with Gasteiger partial charge in [0.05, 0.1) is 11.6 Å². The summed E-state index contributed by atoms with van der Waals surface area (Å²) in [5.41, 5.74) is 1.52. The summed E-state index contributed by atoms with van der Waals surface area (Å²) < 4.78 is 0. The maximum Gasteiger partial charge on any atom is 0.253 e. The van der Waals surface area contributed by atoms with Crippen LogP contribution in [0.2, 0.25) is 5.02 Å². The Morgan fingerprint density at radius 2 is 2.17 bits per heavy atom. The van der Waals surface area contributed by atoms with Crippen molar-refractivity contribution in [1.82, 2.24) is 10.3 Å². The first kappa shape index (κ1) is 12.6. The number of carbonyl (C=O) groups excluding carboxylic acids is 1. The summed E-state index contributed by atoms with van der Waals surface area (Å²) >= 11 is 5.92.